The van der Waals surface area contributed by atoms with Crippen LogP contribution in [0.2, 0.25) is 0 Å². The van der Waals surface area contributed by atoms with Crippen LogP contribution >= 0.6 is 0 Å². The number of nitrogens with one attached hydrogen (secondary N) is 1. The maximum absolute atomic E-state index is 13.4. The summed E-state index contributed by atoms with van der Waals surface area (Å²) >= 11 is 0. The highest BCUT2D eigenvalue weighted by Crippen LogP contribution is 2.23. The van der Waals surface area contributed by atoms with Crippen LogP contribution in [0.25, 0.3) is 11.1 Å². The standard InChI is InChI=1S/C27H32N4O4/c1-2-30-13-12-27(19-28,20-30)29-25(32)24(35-26(33)31-14-16-34-17-15-31)18-21-8-10-23(11-9-21)22-6-4-3-5-7-22/h3-11,24H,2,12-18,20H2,1H3,(H,29,32). The van der Waals surface area contributed by atoms with E-state index < -0.39 is 23.6 Å². The molecule has 8 heteroatoms. The highest BCUT2D eigenvalue weighted by atomic mass is 16.6. The molecule has 184 valence electrons. The summed E-state index contributed by atoms with van der Waals surface area (Å²) in [5.41, 5.74) is 2.06. The third kappa shape index (κ3) is 6.18. The van der Waals surface area contributed by atoms with Gasteiger partial charge < -0.3 is 24.6 Å². The number of carbonyl (C=O) groups is 2. The molecule has 2 aliphatic heterocycles. The van der Waals surface area contributed by atoms with Crippen LogP contribution in [0.15, 0.2) is 54.6 Å². The summed E-state index contributed by atoms with van der Waals surface area (Å²) in [4.78, 5) is 29.9. The Bertz CT molecular complexity index is 1050. The summed E-state index contributed by atoms with van der Waals surface area (Å²) < 4.78 is 11.0. The Morgan fingerprint density at radius 2 is 1.77 bits per heavy atom. The monoisotopic (exact) mass is 476 g/mol. The zero-order valence-electron chi connectivity index (χ0n) is 20.1. The van der Waals surface area contributed by atoms with E-state index in [-0.39, 0.29) is 6.42 Å². The summed E-state index contributed by atoms with van der Waals surface area (Å²) in [5.74, 6) is -0.446. The van der Waals surface area contributed by atoms with Crippen LogP contribution < -0.4 is 5.32 Å². The van der Waals surface area contributed by atoms with E-state index in [9.17, 15) is 14.9 Å². The van der Waals surface area contributed by atoms with Gasteiger partial charge in [-0.25, -0.2) is 4.79 Å². The summed E-state index contributed by atoms with van der Waals surface area (Å²) in [6.07, 6.45) is -0.828. The van der Waals surface area contributed by atoms with Gasteiger partial charge in [0.15, 0.2) is 6.10 Å². The van der Waals surface area contributed by atoms with Crippen molar-refractivity contribution in [3.63, 3.8) is 0 Å². The first-order valence-corrected chi connectivity index (χ1v) is 12.2. The molecular formula is C27H32N4O4. The molecule has 0 aliphatic carbocycles. The molecular weight excluding hydrogens is 444 g/mol. The minimum atomic E-state index is -1.05. The predicted molar refractivity (Wildman–Crippen MR) is 131 cm³/mol. The number of likely N-dealkylation sites (tertiary alicyclic amines) is 1. The van der Waals surface area contributed by atoms with Crippen LogP contribution in [0, 0.1) is 11.3 Å². The SMILES string of the molecule is CCN1CCC(C#N)(NC(=O)C(Cc2ccc(-c3ccccc3)cc2)OC(=O)N2CCOCC2)C1. The third-order valence-corrected chi connectivity index (χ3v) is 6.66. The van der Waals surface area contributed by atoms with Crippen molar-refractivity contribution in [2.45, 2.75) is 31.4 Å². The number of hydrogen-bond donors (Lipinski definition) is 1. The summed E-state index contributed by atoms with van der Waals surface area (Å²) in [6.45, 7) is 5.77. The van der Waals surface area contributed by atoms with Crippen molar-refractivity contribution in [1.82, 2.24) is 15.1 Å². The number of amides is 2. The Morgan fingerprint density at radius 1 is 1.09 bits per heavy atom. The molecule has 0 saturated carbocycles. The van der Waals surface area contributed by atoms with Crippen LogP contribution in [-0.4, -0.2) is 79.4 Å². The normalized spacial score (nSPS) is 21.2. The highest BCUT2D eigenvalue weighted by molar-refractivity contribution is 5.85. The fraction of sp³-hybridized carbons (Fsp3) is 0.444. The van der Waals surface area contributed by atoms with Crippen molar-refractivity contribution in [2.75, 3.05) is 45.9 Å². The average molecular weight is 477 g/mol. The molecule has 2 unspecified atom stereocenters. The van der Waals surface area contributed by atoms with E-state index in [1.54, 1.807) is 4.90 Å². The topological polar surface area (TPSA) is 94.9 Å². The second-order valence-corrected chi connectivity index (χ2v) is 9.04. The van der Waals surface area contributed by atoms with Crippen LogP contribution in [0.5, 0.6) is 0 Å². The van der Waals surface area contributed by atoms with Crippen LogP contribution in [-0.2, 0) is 20.7 Å². The van der Waals surface area contributed by atoms with Crippen LogP contribution in [0.1, 0.15) is 18.9 Å². The average Bonchev–Trinajstić information content (AvgIpc) is 3.33. The van der Waals surface area contributed by atoms with Gasteiger partial charge in [0.05, 0.1) is 19.3 Å². The second kappa shape index (κ2) is 11.3. The molecule has 4 rings (SSSR count). The van der Waals surface area contributed by atoms with Crippen molar-refractivity contribution in [3.8, 4) is 17.2 Å². The number of nitrogens with zero attached hydrogens (tertiary/aromatic N) is 3. The molecule has 8 nitrogen and oxygen atoms in total. The Balaban J connectivity index is 1.50. The van der Waals surface area contributed by atoms with E-state index in [2.05, 4.69) is 16.3 Å². The van der Waals surface area contributed by atoms with Crippen molar-refractivity contribution < 1.29 is 19.1 Å². The lowest BCUT2D eigenvalue weighted by Gasteiger charge is -2.30. The molecule has 0 bridgehead atoms. The number of benzene rings is 2. The Kier molecular flexibility index (Phi) is 8.01. The fourth-order valence-electron chi connectivity index (χ4n) is 4.50. The van der Waals surface area contributed by atoms with E-state index in [1.807, 2.05) is 61.5 Å². The summed E-state index contributed by atoms with van der Waals surface area (Å²) in [5, 5.41) is 12.8. The molecule has 35 heavy (non-hydrogen) atoms. The number of hydrogen-bond acceptors (Lipinski definition) is 6. The van der Waals surface area contributed by atoms with Gasteiger partial charge in [0.2, 0.25) is 0 Å². The third-order valence-electron chi connectivity index (χ3n) is 6.66. The lowest BCUT2D eigenvalue weighted by Crippen LogP contribution is -2.54. The molecule has 0 spiro atoms. The smallest absolute Gasteiger partial charge is 0.410 e. The van der Waals surface area contributed by atoms with Gasteiger partial charge in [-0.2, -0.15) is 5.26 Å². The number of ether oxygens (including phenoxy) is 2. The zero-order chi connectivity index (χ0) is 24.7. The van der Waals surface area contributed by atoms with E-state index in [0.717, 1.165) is 29.8 Å². The molecule has 2 aromatic carbocycles. The summed E-state index contributed by atoms with van der Waals surface area (Å²) in [7, 11) is 0. The first kappa shape index (κ1) is 24.7. The number of carbonyl (C=O) groups excluding carboxylic acids is 2. The van der Waals surface area contributed by atoms with Gasteiger partial charge in [-0.05, 0) is 29.7 Å². The van der Waals surface area contributed by atoms with Crippen LogP contribution in [0.4, 0.5) is 4.79 Å². The number of nitriles is 1. The van der Waals surface area contributed by atoms with Crippen molar-refractivity contribution >= 4 is 12.0 Å². The molecule has 2 fully saturated rings. The fourth-order valence-corrected chi connectivity index (χ4v) is 4.50. The Hall–Kier alpha value is -3.41. The molecule has 2 aromatic rings. The largest absolute Gasteiger partial charge is 0.436 e. The molecule has 1 N–H and O–H groups in total. The molecule has 2 heterocycles. The minimum absolute atomic E-state index is 0.218. The van der Waals surface area contributed by atoms with Gasteiger partial charge in [0, 0.05) is 32.6 Å². The van der Waals surface area contributed by atoms with Crippen molar-refractivity contribution in [3.05, 3.63) is 60.2 Å². The number of morpholine rings is 1. The van der Waals surface area contributed by atoms with Crippen LogP contribution in [0.3, 0.4) is 0 Å². The number of rotatable bonds is 7. The predicted octanol–water partition coefficient (Wildman–Crippen LogP) is 2.84. The first-order chi connectivity index (χ1) is 17.0. The molecule has 0 radical (unpaired) electrons. The van der Waals surface area contributed by atoms with Gasteiger partial charge in [0.1, 0.15) is 5.54 Å². The maximum atomic E-state index is 13.4. The quantitative estimate of drug-likeness (QED) is 0.660. The molecule has 0 aromatic heterocycles. The lowest BCUT2D eigenvalue weighted by molar-refractivity contribution is -0.131. The van der Waals surface area contributed by atoms with E-state index in [4.69, 9.17) is 9.47 Å². The highest BCUT2D eigenvalue weighted by Gasteiger charge is 2.41. The Morgan fingerprint density at radius 3 is 2.40 bits per heavy atom. The van der Waals surface area contributed by atoms with E-state index >= 15 is 0 Å². The second-order valence-electron chi connectivity index (χ2n) is 9.04. The lowest BCUT2D eigenvalue weighted by atomic mass is 9.98. The van der Waals surface area contributed by atoms with Gasteiger partial charge in [-0.1, -0.05) is 61.5 Å². The van der Waals surface area contributed by atoms with Gasteiger partial charge >= 0.3 is 6.09 Å². The van der Waals surface area contributed by atoms with E-state index in [0.29, 0.717) is 39.3 Å². The molecule has 2 aliphatic rings. The molecule has 2 amide bonds. The molecule has 2 atom stereocenters. The maximum Gasteiger partial charge on any atom is 0.410 e. The summed E-state index contributed by atoms with van der Waals surface area (Å²) in [6, 6.07) is 20.2. The minimum Gasteiger partial charge on any atom is -0.436 e. The Labute approximate surface area is 206 Å². The van der Waals surface area contributed by atoms with Gasteiger partial charge in [0.25, 0.3) is 5.91 Å². The number of likely N-dealkylation sites (N-methyl/N-ethyl adjacent to an activating group) is 1. The van der Waals surface area contributed by atoms with Crippen molar-refractivity contribution in [2.24, 2.45) is 0 Å². The van der Waals surface area contributed by atoms with Crippen molar-refractivity contribution in [1.29, 1.82) is 5.26 Å². The first-order valence-electron chi connectivity index (χ1n) is 12.2. The van der Waals surface area contributed by atoms with Gasteiger partial charge in [-0.15, -0.1) is 0 Å². The van der Waals surface area contributed by atoms with E-state index in [1.165, 1.54) is 0 Å². The zero-order valence-corrected chi connectivity index (χ0v) is 20.1. The molecule has 2 saturated heterocycles. The van der Waals surface area contributed by atoms with Gasteiger partial charge in [-0.3, -0.25) is 4.79 Å².